The van der Waals surface area contributed by atoms with Crippen LogP contribution in [0.4, 0.5) is 11.4 Å². The van der Waals surface area contributed by atoms with E-state index in [9.17, 15) is 14.4 Å². The molecule has 8 heteroatoms. The van der Waals surface area contributed by atoms with E-state index in [0.717, 1.165) is 60.7 Å². The van der Waals surface area contributed by atoms with Crippen LogP contribution in [0.2, 0.25) is 0 Å². The molecule has 1 aromatic heterocycles. The van der Waals surface area contributed by atoms with E-state index in [1.165, 1.54) is 19.3 Å². The SMILES string of the molecule is Cc1c(/C=C2/C(=O)Nc3ccc(NC=O)cc32)[nH]c2c1C(=O)N(CCN1CCCCC1)CC2. The maximum Gasteiger partial charge on any atom is 0.256 e. The van der Waals surface area contributed by atoms with Gasteiger partial charge in [0.1, 0.15) is 0 Å². The van der Waals surface area contributed by atoms with Gasteiger partial charge in [0.25, 0.3) is 11.8 Å². The van der Waals surface area contributed by atoms with Crippen LogP contribution in [0.3, 0.4) is 0 Å². The van der Waals surface area contributed by atoms with E-state index >= 15 is 0 Å². The molecule has 1 saturated heterocycles. The van der Waals surface area contributed by atoms with Gasteiger partial charge in [-0.2, -0.15) is 0 Å². The van der Waals surface area contributed by atoms with Crippen molar-refractivity contribution in [3.05, 3.63) is 46.3 Å². The Balaban J connectivity index is 1.39. The molecule has 3 amide bonds. The lowest BCUT2D eigenvalue weighted by molar-refractivity contribution is -0.110. The fourth-order valence-electron chi connectivity index (χ4n) is 5.10. The number of aromatic amines is 1. The summed E-state index contributed by atoms with van der Waals surface area (Å²) in [5.41, 5.74) is 5.88. The molecule has 0 atom stereocenters. The normalized spacial score (nSPS) is 19.4. The van der Waals surface area contributed by atoms with E-state index in [-0.39, 0.29) is 11.8 Å². The number of carbonyl (C=O) groups excluding carboxylic acids is 3. The highest BCUT2D eigenvalue weighted by Gasteiger charge is 2.30. The van der Waals surface area contributed by atoms with E-state index in [4.69, 9.17) is 0 Å². The molecule has 0 spiro atoms. The van der Waals surface area contributed by atoms with Crippen molar-refractivity contribution >= 4 is 41.2 Å². The molecule has 0 aliphatic carbocycles. The van der Waals surface area contributed by atoms with Crippen molar-refractivity contribution in [3.63, 3.8) is 0 Å². The third-order valence-corrected chi connectivity index (χ3v) is 6.95. The van der Waals surface area contributed by atoms with Gasteiger partial charge in [-0.05, 0) is 62.7 Å². The monoisotopic (exact) mass is 447 g/mol. The molecule has 1 aromatic carbocycles. The molecule has 2 aromatic rings. The van der Waals surface area contributed by atoms with Gasteiger partial charge >= 0.3 is 0 Å². The van der Waals surface area contributed by atoms with E-state index in [1.54, 1.807) is 18.2 Å². The molecular formula is C25H29N5O3. The lowest BCUT2D eigenvalue weighted by Gasteiger charge is -2.32. The van der Waals surface area contributed by atoms with Crippen LogP contribution in [0.5, 0.6) is 0 Å². The van der Waals surface area contributed by atoms with Gasteiger partial charge in [0.05, 0.1) is 11.1 Å². The third kappa shape index (κ3) is 4.06. The molecular weight excluding hydrogens is 418 g/mol. The number of carbonyl (C=O) groups is 3. The number of benzene rings is 1. The summed E-state index contributed by atoms with van der Waals surface area (Å²) in [6.07, 6.45) is 7.00. The maximum atomic E-state index is 13.3. The van der Waals surface area contributed by atoms with Crippen molar-refractivity contribution in [1.82, 2.24) is 14.8 Å². The second-order valence-corrected chi connectivity index (χ2v) is 9.00. The fraction of sp³-hybridized carbons (Fsp3) is 0.400. The van der Waals surface area contributed by atoms with Gasteiger partial charge in [-0.1, -0.05) is 6.42 Å². The van der Waals surface area contributed by atoms with Crippen molar-refractivity contribution in [3.8, 4) is 0 Å². The van der Waals surface area contributed by atoms with Crippen LogP contribution < -0.4 is 10.6 Å². The number of amides is 3. The van der Waals surface area contributed by atoms with Crippen LogP contribution >= 0.6 is 0 Å². The number of piperidine rings is 1. The van der Waals surface area contributed by atoms with Gasteiger partial charge in [-0.3, -0.25) is 14.4 Å². The molecule has 3 aliphatic rings. The summed E-state index contributed by atoms with van der Waals surface area (Å²) in [6.45, 7) is 6.58. The molecule has 8 nitrogen and oxygen atoms in total. The summed E-state index contributed by atoms with van der Waals surface area (Å²) in [5, 5.41) is 5.49. The Kier molecular flexibility index (Phi) is 5.76. The van der Waals surface area contributed by atoms with Crippen molar-refractivity contribution < 1.29 is 14.4 Å². The molecule has 0 saturated carbocycles. The van der Waals surface area contributed by atoms with Crippen molar-refractivity contribution in [2.24, 2.45) is 0 Å². The summed E-state index contributed by atoms with van der Waals surface area (Å²) in [6, 6.07) is 5.29. The number of likely N-dealkylation sites (tertiary alicyclic amines) is 1. The van der Waals surface area contributed by atoms with Crippen molar-refractivity contribution in [2.45, 2.75) is 32.6 Å². The molecule has 0 radical (unpaired) electrons. The van der Waals surface area contributed by atoms with Gasteiger partial charge in [-0.15, -0.1) is 0 Å². The van der Waals surface area contributed by atoms with Gasteiger partial charge in [-0.25, -0.2) is 0 Å². The largest absolute Gasteiger partial charge is 0.358 e. The van der Waals surface area contributed by atoms with E-state index in [2.05, 4.69) is 20.5 Å². The first-order valence-electron chi connectivity index (χ1n) is 11.7. The Bertz CT molecular complexity index is 1140. The lowest BCUT2D eigenvalue weighted by atomic mass is 10.0. The van der Waals surface area contributed by atoms with Crippen molar-refractivity contribution in [1.29, 1.82) is 0 Å². The van der Waals surface area contributed by atoms with Gasteiger partial charge in [0, 0.05) is 54.4 Å². The third-order valence-electron chi connectivity index (χ3n) is 6.95. The average Bonchev–Trinajstić information content (AvgIpc) is 3.31. The van der Waals surface area contributed by atoms with Gasteiger partial charge in [0.15, 0.2) is 0 Å². The summed E-state index contributed by atoms with van der Waals surface area (Å²) in [7, 11) is 0. The topological polar surface area (TPSA) is 97.5 Å². The van der Waals surface area contributed by atoms with Crippen LogP contribution in [0, 0.1) is 6.92 Å². The van der Waals surface area contributed by atoms with E-state index in [0.29, 0.717) is 29.9 Å². The maximum absolute atomic E-state index is 13.3. The Morgan fingerprint density at radius 1 is 1.09 bits per heavy atom. The zero-order valence-corrected chi connectivity index (χ0v) is 18.9. The molecule has 5 rings (SSSR count). The average molecular weight is 448 g/mol. The highest BCUT2D eigenvalue weighted by Crippen LogP contribution is 2.36. The van der Waals surface area contributed by atoms with Crippen LogP contribution in [0.1, 0.15) is 52.1 Å². The zero-order chi connectivity index (χ0) is 22.9. The molecule has 0 bridgehead atoms. The number of anilines is 2. The molecule has 0 unspecified atom stereocenters. The molecule has 1 fully saturated rings. The van der Waals surface area contributed by atoms with Crippen LogP contribution in [0.25, 0.3) is 11.6 Å². The predicted octanol–water partition coefficient (Wildman–Crippen LogP) is 2.87. The quantitative estimate of drug-likeness (QED) is 0.469. The number of nitrogens with zero attached hydrogens (tertiary/aromatic N) is 2. The lowest BCUT2D eigenvalue weighted by Crippen LogP contribution is -2.43. The number of nitrogens with one attached hydrogen (secondary N) is 3. The van der Waals surface area contributed by atoms with E-state index < -0.39 is 0 Å². The van der Waals surface area contributed by atoms with Crippen molar-refractivity contribution in [2.75, 3.05) is 43.4 Å². The minimum absolute atomic E-state index is 0.0698. The summed E-state index contributed by atoms with van der Waals surface area (Å²) < 4.78 is 0. The smallest absolute Gasteiger partial charge is 0.256 e. The first-order chi connectivity index (χ1) is 16.0. The number of aromatic nitrogens is 1. The fourth-order valence-corrected chi connectivity index (χ4v) is 5.10. The van der Waals surface area contributed by atoms with Gasteiger partial charge in [0.2, 0.25) is 6.41 Å². The number of H-pyrrole nitrogens is 1. The highest BCUT2D eigenvalue weighted by molar-refractivity contribution is 6.35. The van der Waals surface area contributed by atoms with Gasteiger partial charge < -0.3 is 25.4 Å². The number of hydrogen-bond donors (Lipinski definition) is 3. The minimum Gasteiger partial charge on any atom is -0.358 e. The van der Waals surface area contributed by atoms with Crippen LogP contribution in [-0.4, -0.2) is 65.7 Å². The summed E-state index contributed by atoms with van der Waals surface area (Å²) in [4.78, 5) is 44.6. The van der Waals surface area contributed by atoms with Crippen LogP contribution in [0.15, 0.2) is 18.2 Å². The summed E-state index contributed by atoms with van der Waals surface area (Å²) >= 11 is 0. The van der Waals surface area contributed by atoms with E-state index in [1.807, 2.05) is 17.9 Å². The first-order valence-corrected chi connectivity index (χ1v) is 11.7. The molecule has 4 heterocycles. The Morgan fingerprint density at radius 3 is 2.70 bits per heavy atom. The molecule has 3 aliphatic heterocycles. The number of rotatable bonds is 6. The predicted molar refractivity (Wildman–Crippen MR) is 128 cm³/mol. The molecule has 3 N–H and O–H groups in total. The Hall–Kier alpha value is -3.39. The first kappa shape index (κ1) is 21.5. The molecule has 172 valence electrons. The highest BCUT2D eigenvalue weighted by atomic mass is 16.2. The van der Waals surface area contributed by atoms with Crippen LogP contribution in [-0.2, 0) is 16.0 Å². The number of fused-ring (bicyclic) bond motifs is 2. The second kappa shape index (κ2) is 8.86. The summed E-state index contributed by atoms with van der Waals surface area (Å²) in [5.74, 6) is -0.130. The standard InChI is InChI=1S/C25H29N5O3/c1-16-22(14-19-18-13-17(26-15-31)5-6-20(18)28-24(19)32)27-21-7-10-30(25(33)23(16)21)12-11-29-8-3-2-4-9-29/h5-6,13-15,27H,2-4,7-12H2,1H3,(H,26,31)(H,28,32)/b19-14+. The Labute approximate surface area is 193 Å². The minimum atomic E-state index is -0.199. The number of hydrogen-bond acceptors (Lipinski definition) is 4. The Morgan fingerprint density at radius 2 is 1.91 bits per heavy atom. The second-order valence-electron chi connectivity index (χ2n) is 9.00. The zero-order valence-electron chi connectivity index (χ0n) is 18.9. The molecule has 33 heavy (non-hydrogen) atoms.